The Morgan fingerprint density at radius 2 is 1.94 bits per heavy atom. The first-order valence-corrected chi connectivity index (χ1v) is 7.34. The lowest BCUT2D eigenvalue weighted by molar-refractivity contribution is 0.249. The van der Waals surface area contributed by atoms with Crippen LogP contribution in [0.1, 0.15) is 54.1 Å². The molecule has 2 aliphatic rings. The molecule has 16 heavy (non-hydrogen) atoms. The van der Waals surface area contributed by atoms with Crippen LogP contribution < -0.4 is 5.32 Å². The van der Waals surface area contributed by atoms with Crippen molar-refractivity contribution in [2.75, 3.05) is 7.05 Å². The third-order valence-electron chi connectivity index (χ3n) is 4.19. The molecule has 0 spiro atoms. The van der Waals surface area contributed by atoms with Gasteiger partial charge in [0.1, 0.15) is 5.01 Å². The summed E-state index contributed by atoms with van der Waals surface area (Å²) in [5, 5.41) is 4.94. The zero-order chi connectivity index (χ0) is 11.0. The van der Waals surface area contributed by atoms with Crippen LogP contribution in [0.15, 0.2) is 0 Å². The van der Waals surface area contributed by atoms with Crippen molar-refractivity contribution < 1.29 is 0 Å². The highest BCUT2D eigenvalue weighted by Crippen LogP contribution is 2.41. The molecule has 2 nitrogen and oxygen atoms in total. The van der Waals surface area contributed by atoms with E-state index < -0.39 is 0 Å². The van der Waals surface area contributed by atoms with Crippen molar-refractivity contribution in [1.29, 1.82) is 0 Å². The first-order valence-electron chi connectivity index (χ1n) is 6.52. The molecule has 1 saturated carbocycles. The fourth-order valence-electron chi connectivity index (χ4n) is 3.12. The van der Waals surface area contributed by atoms with E-state index in [2.05, 4.69) is 12.4 Å². The van der Waals surface area contributed by atoms with Gasteiger partial charge in [-0.25, -0.2) is 4.98 Å². The molecule has 1 N–H and O–H groups in total. The summed E-state index contributed by atoms with van der Waals surface area (Å²) in [6.45, 7) is 0. The molecule has 88 valence electrons. The third kappa shape index (κ3) is 1.61. The molecule has 0 radical (unpaired) electrons. The summed E-state index contributed by atoms with van der Waals surface area (Å²) >= 11 is 1.98. The number of nitrogens with zero attached hydrogens (tertiary/aromatic N) is 1. The Bertz CT molecular complexity index is 356. The molecular weight excluding hydrogens is 216 g/mol. The molecular formula is C13H20N2S. The highest BCUT2D eigenvalue weighted by molar-refractivity contribution is 7.12. The second kappa shape index (κ2) is 4.11. The molecule has 0 aromatic carbocycles. The molecule has 0 bridgehead atoms. The zero-order valence-electron chi connectivity index (χ0n) is 10.0. The van der Waals surface area contributed by atoms with Crippen LogP contribution in [0.5, 0.6) is 0 Å². The molecule has 1 heterocycles. The van der Waals surface area contributed by atoms with E-state index in [1.54, 1.807) is 4.88 Å². The minimum atomic E-state index is 0.216. The molecule has 0 saturated heterocycles. The Kier molecular flexibility index (Phi) is 2.76. The van der Waals surface area contributed by atoms with E-state index in [4.69, 9.17) is 4.98 Å². The summed E-state index contributed by atoms with van der Waals surface area (Å²) in [5.41, 5.74) is 1.62. The normalized spacial score (nSPS) is 23.3. The van der Waals surface area contributed by atoms with Crippen LogP contribution in [-0.2, 0) is 18.4 Å². The number of hydrogen-bond acceptors (Lipinski definition) is 3. The van der Waals surface area contributed by atoms with E-state index in [9.17, 15) is 0 Å². The third-order valence-corrected chi connectivity index (χ3v) is 5.55. The lowest BCUT2D eigenvalue weighted by atomic mass is 9.82. The van der Waals surface area contributed by atoms with Crippen LogP contribution in [0.25, 0.3) is 0 Å². The van der Waals surface area contributed by atoms with E-state index in [1.165, 1.54) is 62.1 Å². The minimum absolute atomic E-state index is 0.216. The zero-order valence-corrected chi connectivity index (χ0v) is 10.8. The van der Waals surface area contributed by atoms with Crippen LogP contribution >= 0.6 is 11.3 Å². The Hall–Kier alpha value is -0.410. The van der Waals surface area contributed by atoms with Crippen LogP contribution in [0, 0.1) is 0 Å². The summed E-state index contributed by atoms with van der Waals surface area (Å²) in [6.07, 6.45) is 10.5. The summed E-state index contributed by atoms with van der Waals surface area (Å²) in [4.78, 5) is 6.48. The second-order valence-corrected chi connectivity index (χ2v) is 6.22. The highest BCUT2D eigenvalue weighted by atomic mass is 32.1. The molecule has 0 atom stereocenters. The maximum atomic E-state index is 4.91. The van der Waals surface area contributed by atoms with Gasteiger partial charge < -0.3 is 5.32 Å². The molecule has 2 aliphatic carbocycles. The van der Waals surface area contributed by atoms with Crippen molar-refractivity contribution >= 4 is 11.3 Å². The smallest absolute Gasteiger partial charge is 0.113 e. The fourth-order valence-corrected chi connectivity index (χ4v) is 4.52. The Morgan fingerprint density at radius 3 is 2.62 bits per heavy atom. The standard InChI is InChI=1S/C13H20N2S/c1-14-13(8-3-2-4-9-13)12-15-10-6-5-7-11(10)16-12/h14H,2-9H2,1H3. The van der Waals surface area contributed by atoms with Gasteiger partial charge in [-0.2, -0.15) is 0 Å². The van der Waals surface area contributed by atoms with Crippen molar-refractivity contribution in [2.24, 2.45) is 0 Å². The van der Waals surface area contributed by atoms with E-state index in [1.807, 2.05) is 11.3 Å². The predicted molar refractivity (Wildman–Crippen MR) is 68.0 cm³/mol. The van der Waals surface area contributed by atoms with Gasteiger partial charge >= 0.3 is 0 Å². The number of fused-ring (bicyclic) bond motifs is 1. The Balaban J connectivity index is 1.93. The van der Waals surface area contributed by atoms with Gasteiger partial charge in [-0.15, -0.1) is 11.3 Å². The molecule has 3 heteroatoms. The molecule has 1 aromatic heterocycles. The SMILES string of the molecule is CNC1(c2nc3c(s2)CCC3)CCCCC1. The summed E-state index contributed by atoms with van der Waals surface area (Å²) in [6, 6.07) is 0. The fraction of sp³-hybridized carbons (Fsp3) is 0.769. The number of rotatable bonds is 2. The van der Waals surface area contributed by atoms with Gasteiger partial charge in [0.25, 0.3) is 0 Å². The molecule has 0 unspecified atom stereocenters. The summed E-state index contributed by atoms with van der Waals surface area (Å²) in [7, 11) is 2.11. The van der Waals surface area contributed by atoms with E-state index in [0.717, 1.165) is 0 Å². The van der Waals surface area contributed by atoms with Gasteiger partial charge in [0.15, 0.2) is 0 Å². The van der Waals surface area contributed by atoms with Gasteiger partial charge in [-0.3, -0.25) is 0 Å². The monoisotopic (exact) mass is 236 g/mol. The number of nitrogens with one attached hydrogen (secondary N) is 1. The van der Waals surface area contributed by atoms with Crippen LogP contribution in [0.3, 0.4) is 0 Å². The molecule has 3 rings (SSSR count). The van der Waals surface area contributed by atoms with Crippen molar-refractivity contribution in [3.05, 3.63) is 15.6 Å². The minimum Gasteiger partial charge on any atom is -0.308 e. The average molecular weight is 236 g/mol. The van der Waals surface area contributed by atoms with Gasteiger partial charge in [-0.1, -0.05) is 19.3 Å². The molecule has 1 fully saturated rings. The first-order chi connectivity index (χ1) is 7.84. The molecule has 1 aromatic rings. The number of hydrogen-bond donors (Lipinski definition) is 1. The van der Waals surface area contributed by atoms with Crippen LogP contribution in [-0.4, -0.2) is 12.0 Å². The summed E-state index contributed by atoms with van der Waals surface area (Å²) < 4.78 is 0. The highest BCUT2D eigenvalue weighted by Gasteiger charge is 2.36. The predicted octanol–water partition coefficient (Wildman–Crippen LogP) is 3.01. The number of aromatic nitrogens is 1. The quantitative estimate of drug-likeness (QED) is 0.854. The maximum Gasteiger partial charge on any atom is 0.113 e. The molecule has 0 amide bonds. The molecule has 0 aliphatic heterocycles. The van der Waals surface area contributed by atoms with Crippen molar-refractivity contribution in [3.63, 3.8) is 0 Å². The van der Waals surface area contributed by atoms with Crippen LogP contribution in [0.4, 0.5) is 0 Å². The van der Waals surface area contributed by atoms with E-state index in [-0.39, 0.29) is 5.54 Å². The van der Waals surface area contributed by atoms with Gasteiger partial charge in [-0.05, 0) is 39.2 Å². The first kappa shape index (κ1) is 10.7. The lowest BCUT2D eigenvalue weighted by Crippen LogP contribution is -2.41. The Morgan fingerprint density at radius 1 is 1.12 bits per heavy atom. The lowest BCUT2D eigenvalue weighted by Gasteiger charge is -2.35. The summed E-state index contributed by atoms with van der Waals surface area (Å²) in [5.74, 6) is 0. The number of thiazole rings is 1. The Labute approximate surface area is 101 Å². The maximum absolute atomic E-state index is 4.91. The van der Waals surface area contributed by atoms with Gasteiger partial charge in [0, 0.05) is 4.88 Å². The van der Waals surface area contributed by atoms with Crippen molar-refractivity contribution in [1.82, 2.24) is 10.3 Å². The van der Waals surface area contributed by atoms with E-state index >= 15 is 0 Å². The average Bonchev–Trinajstić information content (AvgIpc) is 2.90. The van der Waals surface area contributed by atoms with Crippen LogP contribution in [0.2, 0.25) is 0 Å². The topological polar surface area (TPSA) is 24.9 Å². The van der Waals surface area contributed by atoms with Crippen molar-refractivity contribution in [3.8, 4) is 0 Å². The number of aryl methyl sites for hydroxylation is 2. The van der Waals surface area contributed by atoms with Gasteiger partial charge in [0.2, 0.25) is 0 Å². The largest absolute Gasteiger partial charge is 0.308 e. The van der Waals surface area contributed by atoms with E-state index in [0.29, 0.717) is 0 Å². The van der Waals surface area contributed by atoms with Gasteiger partial charge in [0.05, 0.1) is 11.2 Å². The van der Waals surface area contributed by atoms with Crippen molar-refractivity contribution in [2.45, 2.75) is 56.9 Å². The second-order valence-electron chi connectivity index (χ2n) is 5.14.